The number of ether oxygens (including phenoxy) is 1. The summed E-state index contributed by atoms with van der Waals surface area (Å²) in [4.78, 5) is 10.3. The molecule has 1 aliphatic heterocycles. The Labute approximate surface area is 144 Å². The first-order valence-corrected chi connectivity index (χ1v) is 9.37. The van der Waals surface area contributed by atoms with Crippen LogP contribution in [0.5, 0.6) is 5.75 Å². The molecule has 2 aromatic rings. The number of benzene rings is 1. The number of carbonyl (C=O) groups is 1. The van der Waals surface area contributed by atoms with Gasteiger partial charge < -0.3 is 4.74 Å². The second-order valence-corrected chi connectivity index (χ2v) is 7.82. The third-order valence-electron chi connectivity index (χ3n) is 3.54. The van der Waals surface area contributed by atoms with Gasteiger partial charge in [-0.3, -0.25) is 10.0 Å². The Morgan fingerprint density at radius 1 is 1.29 bits per heavy atom. The van der Waals surface area contributed by atoms with E-state index in [2.05, 4.69) is 6.07 Å². The fraction of sp³-hybridized carbons (Fsp3) is 0.267. The van der Waals surface area contributed by atoms with Crippen molar-refractivity contribution < 1.29 is 23.2 Å². The summed E-state index contributed by atoms with van der Waals surface area (Å²) in [5.74, 6) is 0.656. The topological polar surface area (TPSA) is 95.9 Å². The number of hydrogen-bond donors (Lipinski definition) is 2. The molecule has 0 spiro atoms. The monoisotopic (exact) mass is 370 g/mol. The molecule has 0 bridgehead atoms. The fourth-order valence-corrected chi connectivity index (χ4v) is 4.75. The van der Waals surface area contributed by atoms with Crippen LogP contribution in [-0.4, -0.2) is 38.0 Å². The molecule has 1 aromatic heterocycles. The van der Waals surface area contributed by atoms with Gasteiger partial charge in [-0.1, -0.05) is 0 Å². The van der Waals surface area contributed by atoms with Gasteiger partial charge in [-0.2, -0.15) is 4.31 Å². The Bertz CT molecular complexity index is 771. The number of hydroxylamine groups is 1. The van der Waals surface area contributed by atoms with Gasteiger partial charge in [0.05, 0.1) is 12.0 Å². The summed E-state index contributed by atoms with van der Waals surface area (Å²) in [6.07, 6.45) is 0.966. The Balaban J connectivity index is 0.000000471. The summed E-state index contributed by atoms with van der Waals surface area (Å²) < 4.78 is 31.8. The van der Waals surface area contributed by atoms with E-state index >= 15 is 0 Å². The third kappa shape index (κ3) is 4.12. The molecule has 0 saturated carbocycles. The zero-order valence-electron chi connectivity index (χ0n) is 13.0. The molecule has 0 unspecified atom stereocenters. The maximum absolute atomic E-state index is 12.6. The molecule has 0 radical (unpaired) electrons. The molecule has 1 amide bonds. The average Bonchev–Trinajstić information content (AvgIpc) is 3.09. The SMILES string of the molecule is COc1ccc(S(=O)(=O)N2CCc3ccsc3C2)cc1.O=CNO. The Hall–Kier alpha value is -1.94. The van der Waals surface area contributed by atoms with E-state index in [1.807, 2.05) is 5.38 Å². The lowest BCUT2D eigenvalue weighted by atomic mass is 10.1. The third-order valence-corrected chi connectivity index (χ3v) is 6.35. The predicted octanol–water partition coefficient (Wildman–Crippen LogP) is 1.63. The van der Waals surface area contributed by atoms with Gasteiger partial charge >= 0.3 is 0 Å². The van der Waals surface area contributed by atoms with Crippen molar-refractivity contribution >= 4 is 27.8 Å². The van der Waals surface area contributed by atoms with Gasteiger partial charge in [0.2, 0.25) is 16.4 Å². The molecule has 2 N–H and O–H groups in total. The van der Waals surface area contributed by atoms with E-state index in [1.54, 1.807) is 47.0 Å². The highest BCUT2D eigenvalue weighted by atomic mass is 32.2. The molecule has 0 atom stereocenters. The van der Waals surface area contributed by atoms with Gasteiger partial charge in [0.1, 0.15) is 5.75 Å². The number of thiophene rings is 1. The summed E-state index contributed by atoms with van der Waals surface area (Å²) in [5.41, 5.74) is 2.52. The molecule has 3 rings (SSSR count). The summed E-state index contributed by atoms with van der Waals surface area (Å²) in [5, 5.41) is 9.28. The lowest BCUT2D eigenvalue weighted by Gasteiger charge is -2.26. The van der Waals surface area contributed by atoms with Crippen LogP contribution < -0.4 is 10.2 Å². The van der Waals surface area contributed by atoms with Crippen molar-refractivity contribution in [2.75, 3.05) is 13.7 Å². The maximum atomic E-state index is 12.6. The van der Waals surface area contributed by atoms with Crippen LogP contribution in [0, 0.1) is 0 Å². The molecule has 0 aliphatic carbocycles. The molecule has 0 saturated heterocycles. The molecule has 0 fully saturated rings. The van der Waals surface area contributed by atoms with Gasteiger partial charge in [-0.25, -0.2) is 13.9 Å². The van der Waals surface area contributed by atoms with Crippen LogP contribution >= 0.6 is 11.3 Å². The van der Waals surface area contributed by atoms with Gasteiger partial charge in [-0.05, 0) is 47.7 Å². The van der Waals surface area contributed by atoms with Crippen molar-refractivity contribution in [1.29, 1.82) is 0 Å². The second-order valence-electron chi connectivity index (χ2n) is 4.88. The number of carbonyl (C=O) groups excluding carboxylic acids is 1. The lowest BCUT2D eigenvalue weighted by Crippen LogP contribution is -2.35. The molecule has 7 nitrogen and oxygen atoms in total. The quantitative estimate of drug-likeness (QED) is 0.484. The van der Waals surface area contributed by atoms with Gasteiger partial charge in [-0.15, -0.1) is 11.3 Å². The van der Waals surface area contributed by atoms with Gasteiger partial charge in [0.15, 0.2) is 0 Å². The maximum Gasteiger partial charge on any atom is 0.243 e. The highest BCUT2D eigenvalue weighted by Gasteiger charge is 2.28. The van der Waals surface area contributed by atoms with Crippen LogP contribution in [-0.2, 0) is 27.8 Å². The molecular weight excluding hydrogens is 352 g/mol. The van der Waals surface area contributed by atoms with Crippen LogP contribution in [0.3, 0.4) is 0 Å². The summed E-state index contributed by atoms with van der Waals surface area (Å²) >= 11 is 1.62. The zero-order chi connectivity index (χ0) is 17.6. The van der Waals surface area contributed by atoms with E-state index in [0.717, 1.165) is 11.3 Å². The van der Waals surface area contributed by atoms with E-state index < -0.39 is 10.0 Å². The highest BCUT2D eigenvalue weighted by Crippen LogP contribution is 2.28. The van der Waals surface area contributed by atoms with Crippen molar-refractivity contribution in [3.8, 4) is 5.75 Å². The standard InChI is InChI=1S/C14H15NO3S2.CH3NO2/c1-18-12-2-4-13(5-3-12)20(16,17)15-8-6-11-7-9-19-14(11)10-15;3-1-2-4/h2-5,7,9H,6,8,10H2,1H3;1,4H,(H,2,3). The zero-order valence-corrected chi connectivity index (χ0v) is 14.6. The summed E-state index contributed by atoms with van der Waals surface area (Å²) in [6.45, 7) is 1.01. The van der Waals surface area contributed by atoms with E-state index in [-0.39, 0.29) is 6.41 Å². The minimum Gasteiger partial charge on any atom is -0.497 e. The van der Waals surface area contributed by atoms with E-state index in [0.29, 0.717) is 23.7 Å². The van der Waals surface area contributed by atoms with Crippen LogP contribution in [0.4, 0.5) is 0 Å². The van der Waals surface area contributed by atoms with Gasteiger partial charge in [0, 0.05) is 18.0 Å². The predicted molar refractivity (Wildman–Crippen MR) is 89.6 cm³/mol. The van der Waals surface area contributed by atoms with E-state index in [1.165, 1.54) is 11.0 Å². The number of rotatable bonds is 4. The molecule has 9 heteroatoms. The Morgan fingerprint density at radius 3 is 2.54 bits per heavy atom. The van der Waals surface area contributed by atoms with Crippen LogP contribution in [0.1, 0.15) is 10.4 Å². The minimum absolute atomic E-state index is 0.181. The number of methoxy groups -OCH3 is 1. The molecule has 24 heavy (non-hydrogen) atoms. The average molecular weight is 370 g/mol. The summed E-state index contributed by atoms with van der Waals surface area (Å²) in [6, 6.07) is 8.62. The summed E-state index contributed by atoms with van der Waals surface area (Å²) in [7, 11) is -1.86. The molecule has 130 valence electrons. The number of fused-ring (bicyclic) bond motifs is 1. The Kier molecular flexibility index (Phi) is 6.32. The fourth-order valence-electron chi connectivity index (χ4n) is 2.31. The van der Waals surface area contributed by atoms with Crippen LogP contribution in [0.25, 0.3) is 0 Å². The van der Waals surface area contributed by atoms with Crippen molar-refractivity contribution in [3.63, 3.8) is 0 Å². The normalized spacial score (nSPS) is 14.1. The van der Waals surface area contributed by atoms with E-state index in [9.17, 15) is 8.42 Å². The van der Waals surface area contributed by atoms with E-state index in [4.69, 9.17) is 14.7 Å². The first-order chi connectivity index (χ1) is 11.5. The van der Waals surface area contributed by atoms with Crippen molar-refractivity contribution in [2.24, 2.45) is 0 Å². The number of amides is 1. The highest BCUT2D eigenvalue weighted by molar-refractivity contribution is 7.89. The second kappa shape index (κ2) is 8.25. The van der Waals surface area contributed by atoms with Crippen molar-refractivity contribution in [1.82, 2.24) is 9.79 Å². The molecule has 2 heterocycles. The number of nitrogens with zero attached hydrogens (tertiary/aromatic N) is 1. The van der Waals surface area contributed by atoms with Gasteiger partial charge in [0.25, 0.3) is 0 Å². The first kappa shape index (κ1) is 18.4. The number of sulfonamides is 1. The lowest BCUT2D eigenvalue weighted by molar-refractivity contribution is -0.116. The van der Waals surface area contributed by atoms with Crippen molar-refractivity contribution in [3.05, 3.63) is 46.2 Å². The minimum atomic E-state index is -3.42. The molecule has 1 aromatic carbocycles. The number of hydrogen-bond acceptors (Lipinski definition) is 6. The first-order valence-electron chi connectivity index (χ1n) is 7.05. The smallest absolute Gasteiger partial charge is 0.243 e. The molecular formula is C15H18N2O5S2. The largest absolute Gasteiger partial charge is 0.497 e. The Morgan fingerprint density at radius 2 is 1.96 bits per heavy atom. The number of nitrogens with one attached hydrogen (secondary N) is 1. The van der Waals surface area contributed by atoms with Crippen LogP contribution in [0.15, 0.2) is 40.6 Å². The molecule has 1 aliphatic rings. The van der Waals surface area contributed by atoms with Crippen molar-refractivity contribution in [2.45, 2.75) is 17.9 Å². The van der Waals surface area contributed by atoms with Crippen LogP contribution in [0.2, 0.25) is 0 Å².